The van der Waals surface area contributed by atoms with Crippen LogP contribution in [0.3, 0.4) is 0 Å². The van der Waals surface area contributed by atoms with E-state index in [1.165, 1.54) is 17.3 Å². The summed E-state index contributed by atoms with van der Waals surface area (Å²) in [5.74, 6) is 2.32. The summed E-state index contributed by atoms with van der Waals surface area (Å²) in [5.41, 5.74) is 1.81. The topological polar surface area (TPSA) is 86.5 Å². The van der Waals surface area contributed by atoms with Gasteiger partial charge in [0.15, 0.2) is 0 Å². The highest BCUT2D eigenvalue weighted by Gasteiger charge is 2.13. The number of anilines is 1. The summed E-state index contributed by atoms with van der Waals surface area (Å²) in [6.07, 6.45) is 0. The van der Waals surface area contributed by atoms with Crippen LogP contribution in [-0.2, 0) is 10.5 Å². The maximum atomic E-state index is 12.0. The minimum absolute atomic E-state index is 0.0529. The van der Waals surface area contributed by atoms with E-state index < -0.39 is 0 Å². The molecule has 1 aromatic heterocycles. The third-order valence-electron chi connectivity index (χ3n) is 3.61. The minimum Gasteiger partial charge on any atom is -0.497 e. The Morgan fingerprint density at radius 1 is 1.07 bits per heavy atom. The summed E-state index contributed by atoms with van der Waals surface area (Å²) >= 11 is 1.51. The Morgan fingerprint density at radius 2 is 1.78 bits per heavy atom. The Labute approximate surface area is 161 Å². The maximum Gasteiger partial charge on any atom is 0.322 e. The lowest BCUT2D eigenvalue weighted by Gasteiger charge is -2.05. The highest BCUT2D eigenvalue weighted by atomic mass is 32.2. The van der Waals surface area contributed by atoms with Crippen molar-refractivity contribution < 1.29 is 18.7 Å². The van der Waals surface area contributed by atoms with Gasteiger partial charge in [-0.1, -0.05) is 35.4 Å². The molecule has 0 saturated carbocycles. The molecular weight excluding hydrogens is 366 g/mol. The summed E-state index contributed by atoms with van der Waals surface area (Å²) in [6, 6.07) is 15.3. The number of nitrogens with one attached hydrogen (secondary N) is 1. The van der Waals surface area contributed by atoms with E-state index in [1.807, 2.05) is 30.3 Å². The van der Waals surface area contributed by atoms with Crippen LogP contribution in [0.2, 0.25) is 0 Å². The molecule has 140 valence electrons. The molecule has 0 saturated heterocycles. The average molecular weight is 385 g/mol. The predicted octanol–water partition coefficient (Wildman–Crippen LogP) is 3.63. The van der Waals surface area contributed by atoms with Crippen molar-refractivity contribution in [3.8, 4) is 23.0 Å². The van der Waals surface area contributed by atoms with Gasteiger partial charge in [0.25, 0.3) is 0 Å². The molecule has 2 aromatic carbocycles. The van der Waals surface area contributed by atoms with Crippen molar-refractivity contribution in [2.45, 2.75) is 5.75 Å². The van der Waals surface area contributed by atoms with Gasteiger partial charge in [-0.15, -0.1) is 16.9 Å². The summed E-state index contributed by atoms with van der Waals surface area (Å²) in [4.78, 5) is 12.0. The van der Waals surface area contributed by atoms with Crippen molar-refractivity contribution in [3.63, 3.8) is 0 Å². The van der Waals surface area contributed by atoms with Gasteiger partial charge in [0, 0.05) is 17.4 Å². The Balaban J connectivity index is 1.58. The zero-order valence-corrected chi connectivity index (χ0v) is 15.8. The second kappa shape index (κ2) is 9.09. The number of ether oxygens (including phenoxy) is 2. The third kappa shape index (κ3) is 5.24. The van der Waals surface area contributed by atoms with Crippen molar-refractivity contribution >= 4 is 23.7 Å². The van der Waals surface area contributed by atoms with Gasteiger partial charge in [-0.2, -0.15) is 0 Å². The van der Waals surface area contributed by atoms with Crippen molar-refractivity contribution in [2.24, 2.45) is 0 Å². The van der Waals surface area contributed by atoms with E-state index in [9.17, 15) is 4.79 Å². The first-order valence-electron chi connectivity index (χ1n) is 8.16. The van der Waals surface area contributed by atoms with Crippen LogP contribution in [0.25, 0.3) is 11.5 Å². The predicted molar refractivity (Wildman–Crippen MR) is 104 cm³/mol. The quantitative estimate of drug-likeness (QED) is 0.634. The van der Waals surface area contributed by atoms with Crippen LogP contribution in [0.4, 0.5) is 6.01 Å². The standard InChI is InChI=1S/C19H19N3O4S/c1-24-15-8-14(9-16(10-15)25-2)18-21-22-19(26-18)20-17(23)12-27-11-13-6-4-3-5-7-13/h3-10H,11-12H2,1-2H3,(H,20,22,23). The van der Waals surface area contributed by atoms with Crippen LogP contribution in [0.15, 0.2) is 52.9 Å². The highest BCUT2D eigenvalue weighted by molar-refractivity contribution is 7.99. The normalized spacial score (nSPS) is 10.4. The Morgan fingerprint density at radius 3 is 2.44 bits per heavy atom. The van der Waals surface area contributed by atoms with Gasteiger partial charge < -0.3 is 13.9 Å². The van der Waals surface area contributed by atoms with E-state index in [0.29, 0.717) is 22.8 Å². The van der Waals surface area contributed by atoms with E-state index in [1.54, 1.807) is 32.4 Å². The lowest BCUT2D eigenvalue weighted by Crippen LogP contribution is -2.14. The van der Waals surface area contributed by atoms with Crippen molar-refractivity contribution in [1.29, 1.82) is 0 Å². The van der Waals surface area contributed by atoms with Crippen LogP contribution < -0.4 is 14.8 Å². The smallest absolute Gasteiger partial charge is 0.322 e. The van der Waals surface area contributed by atoms with Crippen molar-refractivity contribution in [2.75, 3.05) is 25.3 Å². The molecule has 0 aliphatic heterocycles. The molecule has 0 radical (unpaired) electrons. The van der Waals surface area contributed by atoms with E-state index in [0.717, 1.165) is 5.75 Å². The highest BCUT2D eigenvalue weighted by Crippen LogP contribution is 2.29. The number of methoxy groups -OCH3 is 2. The van der Waals surface area contributed by atoms with E-state index in [-0.39, 0.29) is 17.8 Å². The lowest BCUT2D eigenvalue weighted by atomic mass is 10.2. The number of thioether (sulfide) groups is 1. The molecule has 0 spiro atoms. The van der Waals surface area contributed by atoms with Crippen molar-refractivity contribution in [1.82, 2.24) is 10.2 Å². The number of nitrogens with zero attached hydrogens (tertiary/aromatic N) is 2. The third-order valence-corrected chi connectivity index (χ3v) is 4.62. The fourth-order valence-corrected chi connectivity index (χ4v) is 3.10. The SMILES string of the molecule is COc1cc(OC)cc(-c2nnc(NC(=O)CSCc3ccccc3)o2)c1. The zero-order valence-electron chi connectivity index (χ0n) is 15.0. The van der Waals surface area contributed by atoms with Gasteiger partial charge in [-0.3, -0.25) is 10.1 Å². The van der Waals surface area contributed by atoms with Crippen LogP contribution in [0, 0.1) is 0 Å². The molecule has 0 aliphatic carbocycles. The number of benzene rings is 2. The monoisotopic (exact) mass is 385 g/mol. The molecule has 0 aliphatic rings. The Hall–Kier alpha value is -3.00. The first kappa shape index (κ1) is 18.8. The lowest BCUT2D eigenvalue weighted by molar-refractivity contribution is -0.113. The van der Waals surface area contributed by atoms with Crippen molar-refractivity contribution in [3.05, 3.63) is 54.1 Å². The summed E-state index contributed by atoms with van der Waals surface area (Å²) < 4.78 is 16.0. The van der Waals surface area contributed by atoms with Gasteiger partial charge in [0.05, 0.1) is 20.0 Å². The second-order valence-electron chi connectivity index (χ2n) is 5.54. The second-order valence-corrected chi connectivity index (χ2v) is 6.53. The molecule has 0 unspecified atom stereocenters. The Bertz CT molecular complexity index is 877. The first-order chi connectivity index (χ1) is 13.2. The van der Waals surface area contributed by atoms with Crippen LogP contribution in [0.5, 0.6) is 11.5 Å². The summed E-state index contributed by atoms with van der Waals surface area (Å²) in [7, 11) is 3.12. The number of carbonyl (C=O) groups is 1. The minimum atomic E-state index is -0.200. The molecule has 8 heteroatoms. The number of hydrogen-bond donors (Lipinski definition) is 1. The van der Waals surface area contributed by atoms with Crippen LogP contribution in [0.1, 0.15) is 5.56 Å². The molecule has 0 bridgehead atoms. The average Bonchev–Trinajstić information content (AvgIpc) is 3.16. The van der Waals surface area contributed by atoms with Gasteiger partial charge in [-0.25, -0.2) is 0 Å². The Kier molecular flexibility index (Phi) is 6.32. The maximum absolute atomic E-state index is 12.0. The molecular formula is C19H19N3O4S. The van der Waals surface area contributed by atoms with Crippen LogP contribution in [-0.4, -0.2) is 36.1 Å². The van der Waals surface area contributed by atoms with Gasteiger partial charge in [-0.05, 0) is 17.7 Å². The molecule has 1 heterocycles. The number of carbonyl (C=O) groups excluding carboxylic acids is 1. The van der Waals surface area contributed by atoms with Gasteiger partial charge in [0.1, 0.15) is 11.5 Å². The largest absolute Gasteiger partial charge is 0.497 e. The fourth-order valence-electron chi connectivity index (χ4n) is 2.31. The number of amides is 1. The zero-order chi connectivity index (χ0) is 19.1. The molecule has 3 aromatic rings. The summed E-state index contributed by atoms with van der Waals surface area (Å²) in [6.45, 7) is 0. The van der Waals surface area contributed by atoms with Gasteiger partial charge >= 0.3 is 6.01 Å². The number of aromatic nitrogens is 2. The van der Waals surface area contributed by atoms with E-state index >= 15 is 0 Å². The molecule has 27 heavy (non-hydrogen) atoms. The van der Waals surface area contributed by atoms with Crippen LogP contribution >= 0.6 is 11.8 Å². The molecule has 7 nitrogen and oxygen atoms in total. The molecule has 0 fully saturated rings. The molecule has 3 rings (SSSR count). The fraction of sp³-hybridized carbons (Fsp3) is 0.211. The summed E-state index contributed by atoms with van der Waals surface area (Å²) in [5, 5.41) is 10.5. The molecule has 0 atom stereocenters. The number of hydrogen-bond acceptors (Lipinski definition) is 7. The molecule has 1 amide bonds. The van der Waals surface area contributed by atoms with E-state index in [4.69, 9.17) is 13.9 Å². The van der Waals surface area contributed by atoms with E-state index in [2.05, 4.69) is 15.5 Å². The first-order valence-corrected chi connectivity index (χ1v) is 9.32. The van der Waals surface area contributed by atoms with Gasteiger partial charge in [0.2, 0.25) is 11.8 Å². The molecule has 1 N–H and O–H groups in total. The number of rotatable bonds is 8.